The molecular formula is C23H25FN4O2. The fourth-order valence-corrected chi connectivity index (χ4v) is 4.30. The zero-order valence-corrected chi connectivity index (χ0v) is 16.8. The number of rotatable bonds is 5. The zero-order valence-electron chi connectivity index (χ0n) is 16.8. The summed E-state index contributed by atoms with van der Waals surface area (Å²) < 4.78 is 19.3. The number of aromatic nitrogens is 1. The molecule has 0 saturated carbocycles. The summed E-state index contributed by atoms with van der Waals surface area (Å²) in [6.07, 6.45) is 4.52. The lowest BCUT2D eigenvalue weighted by atomic mass is 9.95. The van der Waals surface area contributed by atoms with Crippen molar-refractivity contribution in [3.8, 4) is 6.07 Å². The van der Waals surface area contributed by atoms with E-state index in [0.29, 0.717) is 31.2 Å². The Morgan fingerprint density at radius 1 is 1.20 bits per heavy atom. The molecule has 2 fully saturated rings. The Labute approximate surface area is 175 Å². The molecule has 1 aromatic heterocycles. The van der Waals surface area contributed by atoms with Crippen LogP contribution in [0.3, 0.4) is 0 Å². The third-order valence-electron chi connectivity index (χ3n) is 5.99. The van der Waals surface area contributed by atoms with Crippen molar-refractivity contribution >= 4 is 5.78 Å². The SMILES string of the molecule is N#Cc1cc(CN2CCN(C3CCOC(C(=O)c4ccncc4)C3)CC2)ccc1F. The lowest BCUT2D eigenvalue weighted by molar-refractivity contribution is -0.0259. The first kappa shape index (κ1) is 20.6. The van der Waals surface area contributed by atoms with E-state index in [2.05, 4.69) is 14.8 Å². The van der Waals surface area contributed by atoms with Gasteiger partial charge in [0.05, 0.1) is 5.56 Å². The van der Waals surface area contributed by atoms with E-state index in [1.807, 2.05) is 6.07 Å². The summed E-state index contributed by atoms with van der Waals surface area (Å²) >= 11 is 0. The average molecular weight is 408 g/mol. The highest BCUT2D eigenvalue weighted by Crippen LogP contribution is 2.24. The molecule has 2 aliphatic rings. The van der Waals surface area contributed by atoms with Crippen LogP contribution in [0.15, 0.2) is 42.7 Å². The van der Waals surface area contributed by atoms with Gasteiger partial charge in [-0.15, -0.1) is 0 Å². The van der Waals surface area contributed by atoms with Gasteiger partial charge in [-0.05, 0) is 42.7 Å². The van der Waals surface area contributed by atoms with Gasteiger partial charge in [0.15, 0.2) is 5.78 Å². The van der Waals surface area contributed by atoms with Gasteiger partial charge < -0.3 is 4.74 Å². The second-order valence-corrected chi connectivity index (χ2v) is 7.88. The average Bonchev–Trinajstić information content (AvgIpc) is 2.81. The Kier molecular flexibility index (Phi) is 6.48. The number of benzene rings is 1. The number of ketones is 1. The number of hydrogen-bond donors (Lipinski definition) is 0. The Morgan fingerprint density at radius 2 is 1.97 bits per heavy atom. The minimum Gasteiger partial charge on any atom is -0.370 e. The van der Waals surface area contributed by atoms with Crippen molar-refractivity contribution in [3.63, 3.8) is 0 Å². The lowest BCUT2D eigenvalue weighted by Crippen LogP contribution is -2.53. The molecule has 4 rings (SSSR count). The fourth-order valence-electron chi connectivity index (χ4n) is 4.30. The second kappa shape index (κ2) is 9.43. The first-order valence-electron chi connectivity index (χ1n) is 10.3. The van der Waals surface area contributed by atoms with Crippen molar-refractivity contribution in [1.29, 1.82) is 5.26 Å². The maximum atomic E-state index is 13.5. The van der Waals surface area contributed by atoms with E-state index < -0.39 is 11.9 Å². The molecule has 0 amide bonds. The van der Waals surface area contributed by atoms with E-state index in [1.165, 1.54) is 6.07 Å². The quantitative estimate of drug-likeness (QED) is 0.709. The maximum absolute atomic E-state index is 13.5. The molecule has 2 atom stereocenters. The minimum absolute atomic E-state index is 0.0327. The number of nitriles is 1. The molecule has 2 unspecified atom stereocenters. The molecule has 0 aliphatic carbocycles. The molecule has 2 saturated heterocycles. The summed E-state index contributed by atoms with van der Waals surface area (Å²) in [4.78, 5) is 21.5. The van der Waals surface area contributed by atoms with Crippen molar-refractivity contribution in [2.45, 2.75) is 31.5 Å². The highest BCUT2D eigenvalue weighted by molar-refractivity contribution is 5.99. The van der Waals surface area contributed by atoms with Crippen LogP contribution in [0.4, 0.5) is 4.39 Å². The third-order valence-corrected chi connectivity index (χ3v) is 5.99. The normalized spacial score (nSPS) is 23.1. The number of Topliss-reactive ketones (excluding diaryl/α,β-unsaturated/α-hetero) is 1. The van der Waals surface area contributed by atoms with Gasteiger partial charge in [-0.25, -0.2) is 4.39 Å². The predicted octanol–water partition coefficient (Wildman–Crippen LogP) is 2.64. The van der Waals surface area contributed by atoms with Gasteiger partial charge in [0, 0.05) is 63.3 Å². The molecular weight excluding hydrogens is 383 g/mol. The topological polar surface area (TPSA) is 69.5 Å². The number of hydrogen-bond acceptors (Lipinski definition) is 6. The summed E-state index contributed by atoms with van der Waals surface area (Å²) in [5, 5.41) is 9.01. The number of carbonyl (C=O) groups is 1. The largest absolute Gasteiger partial charge is 0.370 e. The van der Waals surface area contributed by atoms with Crippen LogP contribution in [0, 0.1) is 17.1 Å². The van der Waals surface area contributed by atoms with Crippen LogP contribution >= 0.6 is 0 Å². The highest BCUT2D eigenvalue weighted by atomic mass is 19.1. The third kappa shape index (κ3) is 4.73. The van der Waals surface area contributed by atoms with Crippen molar-refractivity contribution in [1.82, 2.24) is 14.8 Å². The van der Waals surface area contributed by atoms with Gasteiger partial charge >= 0.3 is 0 Å². The Bertz CT molecular complexity index is 923. The number of nitrogens with zero attached hydrogens (tertiary/aromatic N) is 4. The van der Waals surface area contributed by atoms with Gasteiger partial charge in [-0.1, -0.05) is 6.07 Å². The maximum Gasteiger partial charge on any atom is 0.191 e. The summed E-state index contributed by atoms with van der Waals surface area (Å²) in [5.41, 5.74) is 1.70. The van der Waals surface area contributed by atoms with Crippen LogP contribution in [-0.4, -0.2) is 65.5 Å². The standard InChI is InChI=1S/C23H25FN4O2/c24-21-2-1-17(13-19(21)15-25)16-27-8-10-28(11-9-27)20-5-12-30-22(14-20)23(29)18-3-6-26-7-4-18/h1-4,6-7,13,20,22H,5,8-12,14,16H2. The molecule has 3 heterocycles. The minimum atomic E-state index is -0.471. The Balaban J connectivity index is 1.30. The van der Waals surface area contributed by atoms with E-state index in [-0.39, 0.29) is 11.3 Å². The van der Waals surface area contributed by atoms with E-state index in [4.69, 9.17) is 10.00 Å². The first-order chi connectivity index (χ1) is 14.6. The summed E-state index contributed by atoms with van der Waals surface area (Å²) in [6, 6.07) is 10.5. The van der Waals surface area contributed by atoms with Crippen molar-refractivity contribution in [3.05, 3.63) is 65.2 Å². The monoisotopic (exact) mass is 408 g/mol. The molecule has 6 nitrogen and oxygen atoms in total. The van der Waals surface area contributed by atoms with Gasteiger partial charge in [-0.3, -0.25) is 19.6 Å². The first-order valence-corrected chi connectivity index (χ1v) is 10.3. The molecule has 156 valence electrons. The molecule has 30 heavy (non-hydrogen) atoms. The van der Waals surface area contributed by atoms with Crippen LogP contribution < -0.4 is 0 Å². The number of piperazine rings is 1. The van der Waals surface area contributed by atoms with E-state index in [1.54, 1.807) is 36.7 Å². The molecule has 0 spiro atoms. The number of pyridine rings is 1. The van der Waals surface area contributed by atoms with Crippen LogP contribution in [-0.2, 0) is 11.3 Å². The number of ether oxygens (including phenoxy) is 1. The lowest BCUT2D eigenvalue weighted by Gasteiger charge is -2.42. The van der Waals surface area contributed by atoms with Gasteiger partial charge in [0.2, 0.25) is 0 Å². The number of halogens is 1. The van der Waals surface area contributed by atoms with Crippen molar-refractivity contribution in [2.24, 2.45) is 0 Å². The van der Waals surface area contributed by atoms with Gasteiger partial charge in [-0.2, -0.15) is 5.26 Å². The van der Waals surface area contributed by atoms with Crippen LogP contribution in [0.2, 0.25) is 0 Å². The van der Waals surface area contributed by atoms with Crippen molar-refractivity contribution < 1.29 is 13.9 Å². The van der Waals surface area contributed by atoms with E-state index in [0.717, 1.165) is 38.2 Å². The van der Waals surface area contributed by atoms with E-state index >= 15 is 0 Å². The van der Waals surface area contributed by atoms with Gasteiger partial charge in [0.1, 0.15) is 18.0 Å². The zero-order chi connectivity index (χ0) is 20.9. The number of carbonyl (C=O) groups excluding carboxylic acids is 1. The molecule has 0 radical (unpaired) electrons. The second-order valence-electron chi connectivity index (χ2n) is 7.88. The summed E-state index contributed by atoms with van der Waals surface area (Å²) in [7, 11) is 0. The van der Waals surface area contributed by atoms with Crippen molar-refractivity contribution in [2.75, 3.05) is 32.8 Å². The predicted molar refractivity (Wildman–Crippen MR) is 109 cm³/mol. The molecule has 0 N–H and O–H groups in total. The Hall–Kier alpha value is -2.66. The van der Waals surface area contributed by atoms with E-state index in [9.17, 15) is 9.18 Å². The smallest absolute Gasteiger partial charge is 0.191 e. The molecule has 1 aromatic carbocycles. The summed E-state index contributed by atoms with van der Waals surface area (Å²) in [6.45, 7) is 4.96. The summed E-state index contributed by atoms with van der Waals surface area (Å²) in [5.74, 6) is -0.438. The van der Waals surface area contributed by atoms with Crippen LogP contribution in [0.1, 0.15) is 34.3 Å². The molecule has 2 aromatic rings. The molecule has 7 heteroatoms. The van der Waals surface area contributed by atoms with Crippen LogP contribution in [0.5, 0.6) is 0 Å². The van der Waals surface area contributed by atoms with Crippen LogP contribution in [0.25, 0.3) is 0 Å². The molecule has 0 bridgehead atoms. The fraction of sp³-hybridized carbons (Fsp3) is 0.435. The molecule has 2 aliphatic heterocycles. The Morgan fingerprint density at radius 3 is 2.70 bits per heavy atom. The highest BCUT2D eigenvalue weighted by Gasteiger charge is 2.33. The van der Waals surface area contributed by atoms with Gasteiger partial charge in [0.25, 0.3) is 0 Å².